The first-order chi connectivity index (χ1) is 12.1. The summed E-state index contributed by atoms with van der Waals surface area (Å²) in [5, 5.41) is 3.93. The summed E-state index contributed by atoms with van der Waals surface area (Å²) in [6, 6.07) is 12.2. The maximum absolute atomic E-state index is 13.6. The van der Waals surface area contributed by atoms with Gasteiger partial charge in [0.15, 0.2) is 0 Å². The van der Waals surface area contributed by atoms with Crippen molar-refractivity contribution >= 4 is 17.3 Å². The van der Waals surface area contributed by atoms with Gasteiger partial charge in [0.1, 0.15) is 5.82 Å². The van der Waals surface area contributed by atoms with E-state index in [0.717, 1.165) is 12.0 Å². The smallest absolute Gasteiger partial charge is 0.141 e. The van der Waals surface area contributed by atoms with Crippen molar-refractivity contribution in [1.82, 2.24) is 0 Å². The van der Waals surface area contributed by atoms with Crippen molar-refractivity contribution in [3.63, 3.8) is 0 Å². The summed E-state index contributed by atoms with van der Waals surface area (Å²) in [7, 11) is 0. The van der Waals surface area contributed by atoms with E-state index in [2.05, 4.69) is 37.4 Å². The molecule has 3 heteroatoms. The van der Waals surface area contributed by atoms with E-state index in [1.165, 1.54) is 55.0 Å². The minimum absolute atomic E-state index is 0.213. The fourth-order valence-electron chi connectivity index (χ4n) is 3.84. The van der Waals surface area contributed by atoms with Gasteiger partial charge in [-0.1, -0.05) is 68.0 Å². The first-order valence-corrected chi connectivity index (χ1v) is 9.78. The lowest BCUT2D eigenvalue weighted by Crippen LogP contribution is -2.28. The second-order valence-electron chi connectivity index (χ2n) is 7.24. The molecule has 1 aliphatic heterocycles. The van der Waals surface area contributed by atoms with Gasteiger partial charge < -0.3 is 5.32 Å². The molecule has 1 aliphatic rings. The van der Waals surface area contributed by atoms with Crippen LogP contribution in [0.15, 0.2) is 36.4 Å². The van der Waals surface area contributed by atoms with E-state index in [0.29, 0.717) is 6.04 Å². The van der Waals surface area contributed by atoms with Crippen LogP contribution in [0.3, 0.4) is 0 Å². The van der Waals surface area contributed by atoms with Gasteiger partial charge in [0, 0.05) is 17.6 Å². The fraction of sp³-hybridized carbons (Fsp3) is 0.455. The molecule has 0 saturated heterocycles. The Morgan fingerprint density at radius 2 is 1.96 bits per heavy atom. The largest absolute Gasteiger partial charge is 0.382 e. The van der Waals surface area contributed by atoms with Crippen LogP contribution in [0.4, 0.5) is 10.1 Å². The first-order valence-electron chi connectivity index (χ1n) is 9.40. The van der Waals surface area contributed by atoms with E-state index in [-0.39, 0.29) is 16.8 Å². The SMILES string of the molecule is CCCCCC[C@@H]1C[C@@H](c2ccc(F)c(Cl)c2)c2cc(C)ccc2N1. The molecule has 0 aromatic heterocycles. The zero-order chi connectivity index (χ0) is 17.8. The molecule has 3 rings (SSSR count). The van der Waals surface area contributed by atoms with Gasteiger partial charge in [-0.15, -0.1) is 0 Å². The van der Waals surface area contributed by atoms with Crippen molar-refractivity contribution in [2.75, 3.05) is 5.32 Å². The van der Waals surface area contributed by atoms with E-state index in [9.17, 15) is 4.39 Å². The topological polar surface area (TPSA) is 12.0 Å². The molecule has 2 aromatic rings. The highest BCUT2D eigenvalue weighted by atomic mass is 35.5. The van der Waals surface area contributed by atoms with E-state index in [1.54, 1.807) is 6.07 Å². The van der Waals surface area contributed by atoms with Crippen LogP contribution in [-0.4, -0.2) is 6.04 Å². The highest BCUT2D eigenvalue weighted by Crippen LogP contribution is 2.41. The molecule has 134 valence electrons. The van der Waals surface area contributed by atoms with Crippen LogP contribution in [0, 0.1) is 12.7 Å². The number of hydrogen-bond acceptors (Lipinski definition) is 1. The summed E-state index contributed by atoms with van der Waals surface area (Å²) >= 11 is 6.06. The van der Waals surface area contributed by atoms with Crippen LogP contribution in [0.1, 0.15) is 68.1 Å². The predicted octanol–water partition coefficient (Wildman–Crippen LogP) is 7.07. The average Bonchev–Trinajstić information content (AvgIpc) is 2.61. The predicted molar refractivity (Wildman–Crippen MR) is 105 cm³/mol. The molecule has 0 aliphatic carbocycles. The van der Waals surface area contributed by atoms with Crippen LogP contribution in [-0.2, 0) is 0 Å². The first kappa shape index (κ1) is 18.3. The van der Waals surface area contributed by atoms with E-state index in [1.807, 2.05) is 6.07 Å². The Labute approximate surface area is 155 Å². The third kappa shape index (κ3) is 4.36. The van der Waals surface area contributed by atoms with Gasteiger partial charge in [-0.2, -0.15) is 0 Å². The lowest BCUT2D eigenvalue weighted by Gasteiger charge is -2.34. The molecule has 0 bridgehead atoms. The molecule has 0 fully saturated rings. The van der Waals surface area contributed by atoms with Crippen molar-refractivity contribution in [3.8, 4) is 0 Å². The number of nitrogens with one attached hydrogen (secondary N) is 1. The highest BCUT2D eigenvalue weighted by molar-refractivity contribution is 6.30. The van der Waals surface area contributed by atoms with Crippen LogP contribution >= 0.6 is 11.6 Å². The number of unbranched alkanes of at least 4 members (excludes halogenated alkanes) is 3. The lowest BCUT2D eigenvalue weighted by molar-refractivity contribution is 0.510. The monoisotopic (exact) mass is 359 g/mol. The Morgan fingerprint density at radius 3 is 2.72 bits per heavy atom. The molecule has 2 atom stereocenters. The summed E-state index contributed by atoms with van der Waals surface area (Å²) in [5.74, 6) is -0.0784. The van der Waals surface area contributed by atoms with Crippen molar-refractivity contribution < 1.29 is 4.39 Å². The molecule has 2 aromatic carbocycles. The molecule has 0 amide bonds. The summed E-state index contributed by atoms with van der Waals surface area (Å²) < 4.78 is 13.6. The number of anilines is 1. The Hall–Kier alpha value is -1.54. The number of aryl methyl sites for hydroxylation is 1. The van der Waals surface area contributed by atoms with Crippen molar-refractivity contribution in [2.24, 2.45) is 0 Å². The van der Waals surface area contributed by atoms with E-state index in [4.69, 9.17) is 11.6 Å². The van der Waals surface area contributed by atoms with Gasteiger partial charge in [-0.3, -0.25) is 0 Å². The van der Waals surface area contributed by atoms with Crippen molar-refractivity contribution in [2.45, 2.75) is 64.3 Å². The molecule has 1 heterocycles. The van der Waals surface area contributed by atoms with Crippen molar-refractivity contribution in [3.05, 3.63) is 63.9 Å². The molecular formula is C22H27ClFN. The summed E-state index contributed by atoms with van der Waals surface area (Å²) in [6.07, 6.45) is 7.33. The fourth-order valence-corrected chi connectivity index (χ4v) is 4.03. The maximum atomic E-state index is 13.6. The zero-order valence-electron chi connectivity index (χ0n) is 15.1. The van der Waals surface area contributed by atoms with Gasteiger partial charge in [-0.25, -0.2) is 4.39 Å². The van der Waals surface area contributed by atoms with Gasteiger partial charge in [0.25, 0.3) is 0 Å². The van der Waals surface area contributed by atoms with Crippen LogP contribution < -0.4 is 5.32 Å². The quantitative estimate of drug-likeness (QED) is 0.543. The Morgan fingerprint density at radius 1 is 1.12 bits per heavy atom. The lowest BCUT2D eigenvalue weighted by atomic mass is 9.80. The summed E-state index contributed by atoms with van der Waals surface area (Å²) in [5.41, 5.74) is 4.87. The molecule has 0 spiro atoms. The molecule has 1 nitrogen and oxygen atoms in total. The number of benzene rings is 2. The second-order valence-corrected chi connectivity index (χ2v) is 7.65. The van der Waals surface area contributed by atoms with Crippen LogP contribution in [0.25, 0.3) is 0 Å². The normalized spacial score (nSPS) is 19.4. The Bertz CT molecular complexity index is 728. The molecule has 25 heavy (non-hydrogen) atoms. The van der Waals surface area contributed by atoms with Gasteiger partial charge >= 0.3 is 0 Å². The molecule has 0 radical (unpaired) electrons. The van der Waals surface area contributed by atoms with Crippen LogP contribution in [0.5, 0.6) is 0 Å². The highest BCUT2D eigenvalue weighted by Gasteiger charge is 2.28. The minimum atomic E-state index is -0.347. The molecular weight excluding hydrogens is 333 g/mol. The number of hydrogen-bond donors (Lipinski definition) is 1. The Kier molecular flexibility index (Phi) is 6.01. The zero-order valence-corrected chi connectivity index (χ0v) is 15.9. The standard InChI is InChI=1S/C22H27ClFN/c1-3-4-5-6-7-17-14-18(16-9-10-21(24)20(23)13-16)19-12-15(2)8-11-22(19)25-17/h8-13,17-18,25H,3-7,14H2,1-2H3/t17-,18+/m1/s1. The van der Waals surface area contributed by atoms with Gasteiger partial charge in [0.2, 0.25) is 0 Å². The molecule has 0 saturated carbocycles. The summed E-state index contributed by atoms with van der Waals surface area (Å²) in [6.45, 7) is 4.36. The van der Waals surface area contributed by atoms with Crippen molar-refractivity contribution in [1.29, 1.82) is 0 Å². The minimum Gasteiger partial charge on any atom is -0.382 e. The van der Waals surface area contributed by atoms with E-state index >= 15 is 0 Å². The Balaban J connectivity index is 1.86. The van der Waals surface area contributed by atoms with Crippen LogP contribution in [0.2, 0.25) is 5.02 Å². The number of rotatable bonds is 6. The number of fused-ring (bicyclic) bond motifs is 1. The molecule has 0 unspecified atom stereocenters. The second kappa shape index (κ2) is 8.23. The maximum Gasteiger partial charge on any atom is 0.141 e. The third-order valence-corrected chi connectivity index (χ3v) is 5.50. The molecule has 1 N–H and O–H groups in total. The van der Waals surface area contributed by atoms with E-state index < -0.39 is 0 Å². The van der Waals surface area contributed by atoms with Gasteiger partial charge in [-0.05, 0) is 49.1 Å². The average molecular weight is 360 g/mol. The summed E-state index contributed by atoms with van der Waals surface area (Å²) in [4.78, 5) is 0. The third-order valence-electron chi connectivity index (χ3n) is 5.21. The van der Waals surface area contributed by atoms with Gasteiger partial charge in [0.05, 0.1) is 5.02 Å². The number of halogens is 2.